The molecule has 2 aliphatic rings. The second kappa shape index (κ2) is 9.96. The number of aromatic nitrogens is 1. The van der Waals surface area contributed by atoms with Crippen LogP contribution in [0.2, 0.25) is 0 Å². The molecule has 2 fully saturated rings. The maximum atomic E-state index is 12.7. The van der Waals surface area contributed by atoms with Crippen molar-refractivity contribution in [2.75, 3.05) is 51.3 Å². The summed E-state index contributed by atoms with van der Waals surface area (Å²) in [5, 5.41) is 4.20. The molecule has 30 heavy (non-hydrogen) atoms. The summed E-state index contributed by atoms with van der Waals surface area (Å²) in [6.07, 6.45) is 5.65. The Labute approximate surface area is 183 Å². The zero-order chi connectivity index (χ0) is 20.9. The Balaban J connectivity index is 1.25. The molecule has 2 saturated heterocycles. The molecule has 1 aromatic heterocycles. The van der Waals surface area contributed by atoms with Crippen LogP contribution in [0.25, 0.3) is 10.2 Å². The molecule has 0 aliphatic carbocycles. The van der Waals surface area contributed by atoms with Gasteiger partial charge in [0.25, 0.3) is 0 Å². The number of nitrogens with one attached hydrogen (secondary N) is 1. The first-order valence-corrected chi connectivity index (χ1v) is 12.1. The van der Waals surface area contributed by atoms with Crippen LogP contribution in [0.15, 0.2) is 18.2 Å². The van der Waals surface area contributed by atoms with Crippen molar-refractivity contribution >= 4 is 32.6 Å². The van der Waals surface area contributed by atoms with E-state index in [0.29, 0.717) is 0 Å². The average Bonchev–Trinajstić information content (AvgIpc) is 3.21. The molecule has 2 aliphatic heterocycles. The molecule has 164 valence electrons. The van der Waals surface area contributed by atoms with Gasteiger partial charge in [0, 0.05) is 19.6 Å². The van der Waals surface area contributed by atoms with Gasteiger partial charge in [0.2, 0.25) is 5.91 Å². The first kappa shape index (κ1) is 21.4. The number of thiazole rings is 1. The molecule has 1 N–H and O–H groups in total. The summed E-state index contributed by atoms with van der Waals surface area (Å²) < 4.78 is 6.45. The number of hydrogen-bond acceptors (Lipinski definition) is 6. The van der Waals surface area contributed by atoms with Gasteiger partial charge < -0.3 is 19.9 Å². The van der Waals surface area contributed by atoms with E-state index in [4.69, 9.17) is 9.72 Å². The van der Waals surface area contributed by atoms with Gasteiger partial charge in [-0.1, -0.05) is 18.3 Å². The molecular weight excluding hydrogens is 396 g/mol. The standard InChI is InChI=1S/C23H34N4O2S/c1-17-8-13-26(14-9-17)11-4-10-24-22(28)18-5-3-12-27(16-18)23-25-20-7-6-19(29-2)15-21(20)30-23/h6-7,15,17-18H,3-5,8-14,16H2,1-2H3,(H,24,28). The number of likely N-dealkylation sites (tertiary alicyclic amines) is 1. The monoisotopic (exact) mass is 430 g/mol. The normalized spacial score (nSPS) is 21.1. The van der Waals surface area contributed by atoms with Crippen molar-refractivity contribution in [3.8, 4) is 5.75 Å². The van der Waals surface area contributed by atoms with Gasteiger partial charge in [-0.25, -0.2) is 4.98 Å². The highest BCUT2D eigenvalue weighted by Gasteiger charge is 2.27. The summed E-state index contributed by atoms with van der Waals surface area (Å²) in [6, 6.07) is 5.99. The van der Waals surface area contributed by atoms with Crippen LogP contribution < -0.4 is 15.0 Å². The van der Waals surface area contributed by atoms with Gasteiger partial charge in [-0.2, -0.15) is 0 Å². The van der Waals surface area contributed by atoms with Crippen LogP contribution in [0.4, 0.5) is 5.13 Å². The van der Waals surface area contributed by atoms with Gasteiger partial charge in [0.1, 0.15) is 5.75 Å². The lowest BCUT2D eigenvalue weighted by molar-refractivity contribution is -0.125. The van der Waals surface area contributed by atoms with E-state index in [2.05, 4.69) is 22.0 Å². The molecule has 6 nitrogen and oxygen atoms in total. The molecule has 1 unspecified atom stereocenters. The largest absolute Gasteiger partial charge is 0.497 e. The number of rotatable bonds is 7. The van der Waals surface area contributed by atoms with E-state index >= 15 is 0 Å². The van der Waals surface area contributed by atoms with E-state index in [9.17, 15) is 4.79 Å². The highest BCUT2D eigenvalue weighted by molar-refractivity contribution is 7.22. The third kappa shape index (κ3) is 5.24. The van der Waals surface area contributed by atoms with Crippen LogP contribution >= 0.6 is 11.3 Å². The van der Waals surface area contributed by atoms with Crippen LogP contribution in [-0.4, -0.2) is 62.2 Å². The van der Waals surface area contributed by atoms with Gasteiger partial charge >= 0.3 is 0 Å². The van der Waals surface area contributed by atoms with E-state index in [0.717, 1.165) is 72.5 Å². The summed E-state index contributed by atoms with van der Waals surface area (Å²) in [6.45, 7) is 8.36. The summed E-state index contributed by atoms with van der Waals surface area (Å²) in [7, 11) is 1.68. The SMILES string of the molecule is COc1ccc2nc(N3CCCC(C(=O)NCCCN4CCC(C)CC4)C3)sc2c1. The lowest BCUT2D eigenvalue weighted by Crippen LogP contribution is -2.43. The lowest BCUT2D eigenvalue weighted by Gasteiger charge is -2.32. The van der Waals surface area contributed by atoms with Crippen molar-refractivity contribution in [1.29, 1.82) is 0 Å². The number of anilines is 1. The molecule has 0 bridgehead atoms. The van der Waals surface area contributed by atoms with Gasteiger partial charge in [0.15, 0.2) is 5.13 Å². The zero-order valence-corrected chi connectivity index (χ0v) is 19.0. The Morgan fingerprint density at radius 2 is 2.10 bits per heavy atom. The van der Waals surface area contributed by atoms with E-state index in [1.807, 2.05) is 18.2 Å². The number of amides is 1. The van der Waals surface area contributed by atoms with E-state index < -0.39 is 0 Å². The zero-order valence-electron chi connectivity index (χ0n) is 18.2. The molecule has 0 radical (unpaired) electrons. The summed E-state index contributed by atoms with van der Waals surface area (Å²) in [4.78, 5) is 22.3. The van der Waals surface area contributed by atoms with Gasteiger partial charge in [-0.05, 0) is 75.9 Å². The first-order chi connectivity index (χ1) is 14.6. The molecule has 0 saturated carbocycles. The maximum Gasteiger partial charge on any atom is 0.224 e. The predicted octanol–water partition coefficient (Wildman–Crippen LogP) is 3.76. The van der Waals surface area contributed by atoms with Crippen molar-refractivity contribution in [3.63, 3.8) is 0 Å². The topological polar surface area (TPSA) is 57.7 Å². The Kier molecular flexibility index (Phi) is 7.10. The number of ether oxygens (including phenoxy) is 1. The lowest BCUT2D eigenvalue weighted by atomic mass is 9.97. The van der Waals surface area contributed by atoms with Crippen molar-refractivity contribution in [2.24, 2.45) is 11.8 Å². The van der Waals surface area contributed by atoms with Crippen molar-refractivity contribution < 1.29 is 9.53 Å². The molecule has 7 heteroatoms. The number of methoxy groups -OCH3 is 1. The highest BCUT2D eigenvalue weighted by Crippen LogP contribution is 2.33. The van der Waals surface area contributed by atoms with Crippen molar-refractivity contribution in [1.82, 2.24) is 15.2 Å². The number of fused-ring (bicyclic) bond motifs is 1. The fourth-order valence-corrected chi connectivity index (χ4v) is 5.49. The van der Waals surface area contributed by atoms with E-state index in [-0.39, 0.29) is 11.8 Å². The fraction of sp³-hybridized carbons (Fsp3) is 0.652. The van der Waals surface area contributed by atoms with Crippen LogP contribution in [0.1, 0.15) is 39.0 Å². The van der Waals surface area contributed by atoms with Gasteiger partial charge in [-0.15, -0.1) is 0 Å². The molecule has 2 aromatic rings. The van der Waals surface area contributed by atoms with Crippen molar-refractivity contribution in [2.45, 2.75) is 39.0 Å². The van der Waals surface area contributed by atoms with Crippen LogP contribution in [0.5, 0.6) is 5.75 Å². The molecule has 3 heterocycles. The number of carbonyl (C=O) groups excluding carboxylic acids is 1. The summed E-state index contributed by atoms with van der Waals surface area (Å²) in [5.41, 5.74) is 0.995. The van der Waals surface area contributed by atoms with E-state index in [1.54, 1.807) is 18.4 Å². The second-order valence-corrected chi connectivity index (χ2v) is 9.79. The Morgan fingerprint density at radius 3 is 2.90 bits per heavy atom. The number of benzene rings is 1. The minimum absolute atomic E-state index is 0.0520. The summed E-state index contributed by atoms with van der Waals surface area (Å²) in [5.74, 6) is 1.98. The Bertz CT molecular complexity index is 847. The van der Waals surface area contributed by atoms with Crippen LogP contribution in [-0.2, 0) is 4.79 Å². The second-order valence-electron chi connectivity index (χ2n) is 8.78. The van der Waals surface area contributed by atoms with Gasteiger partial charge in [-0.3, -0.25) is 4.79 Å². The van der Waals surface area contributed by atoms with Gasteiger partial charge in [0.05, 0.1) is 23.2 Å². The average molecular weight is 431 g/mol. The highest BCUT2D eigenvalue weighted by atomic mass is 32.1. The first-order valence-electron chi connectivity index (χ1n) is 11.3. The molecule has 4 rings (SSSR count). The minimum Gasteiger partial charge on any atom is -0.497 e. The van der Waals surface area contributed by atoms with E-state index in [1.165, 1.54) is 25.9 Å². The molecular formula is C23H34N4O2S. The maximum absolute atomic E-state index is 12.7. The van der Waals surface area contributed by atoms with Crippen molar-refractivity contribution in [3.05, 3.63) is 18.2 Å². The quantitative estimate of drug-likeness (QED) is 0.678. The molecule has 0 spiro atoms. The summed E-state index contributed by atoms with van der Waals surface area (Å²) >= 11 is 1.68. The molecule has 1 amide bonds. The number of hydrogen-bond donors (Lipinski definition) is 1. The number of nitrogens with zero attached hydrogens (tertiary/aromatic N) is 3. The fourth-order valence-electron chi connectivity index (χ4n) is 4.46. The van der Waals surface area contributed by atoms with Crippen LogP contribution in [0, 0.1) is 11.8 Å². The molecule has 1 atom stereocenters. The number of carbonyl (C=O) groups is 1. The molecule has 1 aromatic carbocycles. The predicted molar refractivity (Wildman–Crippen MR) is 124 cm³/mol. The van der Waals surface area contributed by atoms with Crippen LogP contribution in [0.3, 0.4) is 0 Å². The Hall–Kier alpha value is -1.86. The third-order valence-electron chi connectivity index (χ3n) is 6.47. The minimum atomic E-state index is 0.0520. The Morgan fingerprint density at radius 1 is 1.27 bits per heavy atom. The third-order valence-corrected chi connectivity index (χ3v) is 7.55. The number of piperidine rings is 2. The smallest absolute Gasteiger partial charge is 0.224 e.